The molecular formula is C17H26O2. The van der Waals surface area contributed by atoms with Crippen molar-refractivity contribution in [1.29, 1.82) is 0 Å². The standard InChI is InChI=1S/C17H26O2/c1-2-15-11-9-12-16(14-15)10-7-5-3-4-6-8-13-17(18)19/h9,11-12,14H,2-8,10,13H2,1H3,(H,18,19). The second kappa shape index (κ2) is 9.60. The van der Waals surface area contributed by atoms with E-state index in [0.717, 1.165) is 19.3 Å². The Morgan fingerprint density at radius 2 is 1.63 bits per heavy atom. The fraction of sp³-hybridized carbons (Fsp3) is 0.588. The summed E-state index contributed by atoms with van der Waals surface area (Å²) in [6, 6.07) is 8.87. The van der Waals surface area contributed by atoms with E-state index in [1.165, 1.54) is 43.2 Å². The van der Waals surface area contributed by atoms with Gasteiger partial charge in [-0.3, -0.25) is 4.79 Å². The van der Waals surface area contributed by atoms with Gasteiger partial charge >= 0.3 is 5.97 Å². The van der Waals surface area contributed by atoms with Gasteiger partial charge in [-0.25, -0.2) is 0 Å². The molecule has 0 amide bonds. The number of aryl methyl sites for hydroxylation is 2. The lowest BCUT2D eigenvalue weighted by Gasteiger charge is -2.04. The zero-order valence-corrected chi connectivity index (χ0v) is 12.0. The molecule has 0 fully saturated rings. The minimum Gasteiger partial charge on any atom is -0.481 e. The van der Waals surface area contributed by atoms with Crippen molar-refractivity contribution in [2.45, 2.75) is 64.7 Å². The first-order valence-electron chi connectivity index (χ1n) is 7.52. The molecule has 0 aliphatic rings. The van der Waals surface area contributed by atoms with E-state index in [-0.39, 0.29) is 0 Å². The molecule has 2 heteroatoms. The molecule has 2 nitrogen and oxygen atoms in total. The highest BCUT2D eigenvalue weighted by Crippen LogP contribution is 2.12. The van der Waals surface area contributed by atoms with Gasteiger partial charge in [0.05, 0.1) is 0 Å². The number of carboxylic acids is 1. The largest absolute Gasteiger partial charge is 0.481 e. The predicted molar refractivity (Wildman–Crippen MR) is 79.5 cm³/mol. The molecule has 0 bridgehead atoms. The third-order valence-corrected chi connectivity index (χ3v) is 3.51. The molecule has 0 aromatic heterocycles. The second-order valence-corrected chi connectivity index (χ2v) is 5.19. The first kappa shape index (κ1) is 15.7. The highest BCUT2D eigenvalue weighted by molar-refractivity contribution is 5.66. The van der Waals surface area contributed by atoms with Gasteiger partial charge in [-0.15, -0.1) is 0 Å². The molecule has 0 aliphatic carbocycles. The lowest BCUT2D eigenvalue weighted by Crippen LogP contribution is -1.93. The zero-order valence-electron chi connectivity index (χ0n) is 12.0. The van der Waals surface area contributed by atoms with Gasteiger partial charge in [0.1, 0.15) is 0 Å². The molecule has 1 aromatic rings. The van der Waals surface area contributed by atoms with Gasteiger partial charge in [0, 0.05) is 6.42 Å². The Hall–Kier alpha value is -1.31. The SMILES string of the molecule is CCc1cccc(CCCCCCCCC(=O)O)c1. The highest BCUT2D eigenvalue weighted by atomic mass is 16.4. The smallest absolute Gasteiger partial charge is 0.303 e. The van der Waals surface area contributed by atoms with Crippen molar-refractivity contribution >= 4 is 5.97 Å². The number of unbranched alkanes of at least 4 members (excludes halogenated alkanes) is 5. The summed E-state index contributed by atoms with van der Waals surface area (Å²) < 4.78 is 0. The van der Waals surface area contributed by atoms with Crippen molar-refractivity contribution in [3.05, 3.63) is 35.4 Å². The molecule has 1 aromatic carbocycles. The maximum absolute atomic E-state index is 10.3. The third kappa shape index (κ3) is 7.66. The molecular weight excluding hydrogens is 236 g/mol. The molecule has 0 heterocycles. The number of aliphatic carboxylic acids is 1. The first-order chi connectivity index (χ1) is 9.22. The van der Waals surface area contributed by atoms with Gasteiger partial charge in [0.15, 0.2) is 0 Å². The molecule has 19 heavy (non-hydrogen) atoms. The van der Waals surface area contributed by atoms with Gasteiger partial charge in [-0.05, 0) is 36.8 Å². The summed E-state index contributed by atoms with van der Waals surface area (Å²) in [7, 11) is 0. The van der Waals surface area contributed by atoms with Gasteiger partial charge in [-0.2, -0.15) is 0 Å². The Balaban J connectivity index is 2.02. The van der Waals surface area contributed by atoms with Crippen LogP contribution in [0.2, 0.25) is 0 Å². The molecule has 1 N–H and O–H groups in total. The molecule has 0 saturated heterocycles. The third-order valence-electron chi connectivity index (χ3n) is 3.51. The summed E-state index contributed by atoms with van der Waals surface area (Å²) in [5.74, 6) is -0.671. The average molecular weight is 262 g/mol. The minimum atomic E-state index is -0.671. The Morgan fingerprint density at radius 3 is 2.32 bits per heavy atom. The Labute approximate surface area is 116 Å². The zero-order chi connectivity index (χ0) is 13.9. The van der Waals surface area contributed by atoms with Gasteiger partial charge in [-0.1, -0.05) is 56.9 Å². The second-order valence-electron chi connectivity index (χ2n) is 5.19. The topological polar surface area (TPSA) is 37.3 Å². The fourth-order valence-corrected chi connectivity index (χ4v) is 2.32. The van der Waals surface area contributed by atoms with Crippen LogP contribution in [0.4, 0.5) is 0 Å². The van der Waals surface area contributed by atoms with Gasteiger partial charge in [0.25, 0.3) is 0 Å². The summed E-state index contributed by atoms with van der Waals surface area (Å²) in [6.07, 6.45) is 9.38. The summed E-state index contributed by atoms with van der Waals surface area (Å²) in [4.78, 5) is 10.3. The van der Waals surface area contributed by atoms with E-state index >= 15 is 0 Å². The molecule has 1 rings (SSSR count). The van der Waals surface area contributed by atoms with Crippen LogP contribution in [0.3, 0.4) is 0 Å². The van der Waals surface area contributed by atoms with E-state index < -0.39 is 5.97 Å². The van der Waals surface area contributed by atoms with Crippen LogP contribution in [0.1, 0.15) is 63.0 Å². The molecule has 0 unspecified atom stereocenters. The van der Waals surface area contributed by atoms with Crippen molar-refractivity contribution in [2.75, 3.05) is 0 Å². The van der Waals surface area contributed by atoms with E-state index in [1.54, 1.807) is 0 Å². The highest BCUT2D eigenvalue weighted by Gasteiger charge is 1.98. The normalized spacial score (nSPS) is 10.6. The van der Waals surface area contributed by atoms with Crippen molar-refractivity contribution in [2.24, 2.45) is 0 Å². The van der Waals surface area contributed by atoms with Crippen LogP contribution < -0.4 is 0 Å². The van der Waals surface area contributed by atoms with Crippen molar-refractivity contribution in [1.82, 2.24) is 0 Å². The van der Waals surface area contributed by atoms with Crippen LogP contribution in [0.25, 0.3) is 0 Å². The van der Waals surface area contributed by atoms with Crippen LogP contribution in [0.15, 0.2) is 24.3 Å². The number of rotatable bonds is 10. The van der Waals surface area contributed by atoms with Crippen LogP contribution >= 0.6 is 0 Å². The van der Waals surface area contributed by atoms with Crippen molar-refractivity contribution in [3.8, 4) is 0 Å². The predicted octanol–water partition coefficient (Wildman–Crippen LogP) is 4.61. The maximum atomic E-state index is 10.3. The Morgan fingerprint density at radius 1 is 1.00 bits per heavy atom. The molecule has 0 radical (unpaired) electrons. The van der Waals surface area contributed by atoms with Crippen LogP contribution in [0.5, 0.6) is 0 Å². The van der Waals surface area contributed by atoms with E-state index in [1.807, 2.05) is 0 Å². The lowest BCUT2D eigenvalue weighted by atomic mass is 10.0. The number of carbonyl (C=O) groups is 1. The average Bonchev–Trinajstić information content (AvgIpc) is 2.41. The molecule has 106 valence electrons. The summed E-state index contributed by atoms with van der Waals surface area (Å²) in [5, 5.41) is 8.52. The fourth-order valence-electron chi connectivity index (χ4n) is 2.32. The number of benzene rings is 1. The first-order valence-corrected chi connectivity index (χ1v) is 7.52. The van der Waals surface area contributed by atoms with E-state index in [9.17, 15) is 4.79 Å². The summed E-state index contributed by atoms with van der Waals surface area (Å²) >= 11 is 0. The van der Waals surface area contributed by atoms with Gasteiger partial charge < -0.3 is 5.11 Å². The summed E-state index contributed by atoms with van der Waals surface area (Å²) in [5.41, 5.74) is 2.87. The summed E-state index contributed by atoms with van der Waals surface area (Å²) in [6.45, 7) is 2.19. The van der Waals surface area contributed by atoms with E-state index in [0.29, 0.717) is 6.42 Å². The van der Waals surface area contributed by atoms with Crippen LogP contribution in [0, 0.1) is 0 Å². The lowest BCUT2D eigenvalue weighted by molar-refractivity contribution is -0.137. The molecule has 0 saturated carbocycles. The molecule has 0 atom stereocenters. The van der Waals surface area contributed by atoms with Crippen molar-refractivity contribution < 1.29 is 9.90 Å². The maximum Gasteiger partial charge on any atom is 0.303 e. The quantitative estimate of drug-likeness (QED) is 0.625. The number of carboxylic acid groups (broad SMARTS) is 1. The van der Waals surface area contributed by atoms with E-state index in [4.69, 9.17) is 5.11 Å². The number of hydrogen-bond donors (Lipinski definition) is 1. The number of hydrogen-bond acceptors (Lipinski definition) is 1. The van der Waals surface area contributed by atoms with Crippen LogP contribution in [-0.4, -0.2) is 11.1 Å². The molecule has 0 spiro atoms. The monoisotopic (exact) mass is 262 g/mol. The Bertz CT molecular complexity index is 371. The Kier molecular flexibility index (Phi) is 7.95. The molecule has 0 aliphatic heterocycles. The minimum absolute atomic E-state index is 0.323. The van der Waals surface area contributed by atoms with Crippen molar-refractivity contribution in [3.63, 3.8) is 0 Å². The van der Waals surface area contributed by atoms with Gasteiger partial charge in [0.2, 0.25) is 0 Å². The van der Waals surface area contributed by atoms with E-state index in [2.05, 4.69) is 31.2 Å². The van der Waals surface area contributed by atoms with Crippen LogP contribution in [-0.2, 0) is 17.6 Å².